The molecule has 0 unspecified atom stereocenters. The van der Waals surface area contributed by atoms with E-state index in [1.165, 1.54) is 0 Å². The zero-order chi connectivity index (χ0) is 20.1. The highest BCUT2D eigenvalue weighted by Gasteiger charge is 2.15. The topological polar surface area (TPSA) is 85.2 Å². The van der Waals surface area contributed by atoms with E-state index in [2.05, 4.69) is 15.7 Å². The first-order valence-corrected chi connectivity index (χ1v) is 9.57. The summed E-state index contributed by atoms with van der Waals surface area (Å²) in [5.74, 6) is 0.590. The van der Waals surface area contributed by atoms with Gasteiger partial charge >= 0.3 is 0 Å². The maximum atomic E-state index is 12.3. The van der Waals surface area contributed by atoms with Crippen LogP contribution in [0.4, 0.5) is 5.69 Å². The lowest BCUT2D eigenvalue weighted by Crippen LogP contribution is -2.27. The molecular formula is C22H22N4O3. The molecule has 0 saturated carbocycles. The Kier molecular flexibility index (Phi) is 5.56. The summed E-state index contributed by atoms with van der Waals surface area (Å²) in [5.41, 5.74) is 3.55. The molecule has 148 valence electrons. The monoisotopic (exact) mass is 390 g/mol. The number of hydrogen-bond acceptors (Lipinski definition) is 4. The molecule has 0 aliphatic carbocycles. The lowest BCUT2D eigenvalue weighted by atomic mass is 10.0. The highest BCUT2D eigenvalue weighted by molar-refractivity contribution is 5.94. The van der Waals surface area contributed by atoms with Crippen molar-refractivity contribution >= 4 is 17.5 Å². The van der Waals surface area contributed by atoms with Gasteiger partial charge in [-0.3, -0.25) is 14.3 Å². The maximum absolute atomic E-state index is 12.3. The van der Waals surface area contributed by atoms with E-state index < -0.39 is 0 Å². The first-order chi connectivity index (χ1) is 14.2. The van der Waals surface area contributed by atoms with Gasteiger partial charge in [-0.25, -0.2) is 0 Å². The van der Waals surface area contributed by atoms with E-state index in [0.717, 1.165) is 22.6 Å². The summed E-state index contributed by atoms with van der Waals surface area (Å²) in [6, 6.07) is 15.6. The van der Waals surface area contributed by atoms with Crippen LogP contribution in [-0.2, 0) is 17.8 Å². The van der Waals surface area contributed by atoms with Crippen molar-refractivity contribution in [3.8, 4) is 5.75 Å². The van der Waals surface area contributed by atoms with E-state index in [4.69, 9.17) is 4.74 Å². The second-order valence-corrected chi connectivity index (χ2v) is 6.88. The number of rotatable bonds is 7. The van der Waals surface area contributed by atoms with Crippen molar-refractivity contribution in [2.75, 3.05) is 18.5 Å². The highest BCUT2D eigenvalue weighted by atomic mass is 16.5. The Morgan fingerprint density at radius 1 is 1.17 bits per heavy atom. The molecule has 1 aromatic heterocycles. The molecule has 3 aromatic rings. The minimum atomic E-state index is -0.180. The predicted molar refractivity (Wildman–Crippen MR) is 109 cm³/mol. The van der Waals surface area contributed by atoms with Crippen LogP contribution in [0.5, 0.6) is 5.75 Å². The molecule has 2 amide bonds. The van der Waals surface area contributed by atoms with Crippen LogP contribution >= 0.6 is 0 Å². The predicted octanol–water partition coefficient (Wildman–Crippen LogP) is 2.62. The molecule has 2 aromatic carbocycles. The van der Waals surface area contributed by atoms with Crippen molar-refractivity contribution < 1.29 is 14.3 Å². The van der Waals surface area contributed by atoms with Gasteiger partial charge in [0.2, 0.25) is 5.91 Å². The van der Waals surface area contributed by atoms with Crippen LogP contribution in [0.1, 0.15) is 27.9 Å². The molecule has 0 bridgehead atoms. The summed E-state index contributed by atoms with van der Waals surface area (Å²) in [6.07, 6.45) is 4.50. The molecule has 29 heavy (non-hydrogen) atoms. The molecule has 0 saturated heterocycles. The van der Waals surface area contributed by atoms with E-state index in [-0.39, 0.29) is 11.8 Å². The zero-order valence-corrected chi connectivity index (χ0v) is 15.9. The lowest BCUT2D eigenvalue weighted by molar-refractivity contribution is -0.116. The normalized spacial score (nSPS) is 12.8. The zero-order valence-electron chi connectivity index (χ0n) is 15.9. The average Bonchev–Trinajstić information content (AvgIpc) is 3.20. The Bertz CT molecular complexity index is 1010. The van der Waals surface area contributed by atoms with Crippen molar-refractivity contribution in [3.05, 3.63) is 77.6 Å². The van der Waals surface area contributed by atoms with Crippen LogP contribution in [-0.4, -0.2) is 34.7 Å². The van der Waals surface area contributed by atoms with Gasteiger partial charge in [0.05, 0.1) is 24.8 Å². The van der Waals surface area contributed by atoms with E-state index >= 15 is 0 Å². The maximum Gasteiger partial charge on any atom is 0.254 e. The fourth-order valence-electron chi connectivity index (χ4n) is 3.22. The van der Waals surface area contributed by atoms with Crippen LogP contribution in [0.2, 0.25) is 0 Å². The quantitative estimate of drug-likeness (QED) is 0.608. The van der Waals surface area contributed by atoms with Crippen LogP contribution in [0.15, 0.2) is 60.9 Å². The molecule has 4 rings (SSSR count). The van der Waals surface area contributed by atoms with Gasteiger partial charge in [0.15, 0.2) is 0 Å². The van der Waals surface area contributed by atoms with E-state index in [9.17, 15) is 9.59 Å². The fraction of sp³-hybridized carbons (Fsp3) is 0.227. The van der Waals surface area contributed by atoms with Gasteiger partial charge in [-0.2, -0.15) is 5.10 Å². The van der Waals surface area contributed by atoms with Crippen LogP contribution in [0.25, 0.3) is 0 Å². The SMILES string of the molecule is O=C1CCc2cc(OCCNC(=O)c3cnn(Cc4ccccc4)c3)ccc2N1. The molecule has 0 radical (unpaired) electrons. The summed E-state index contributed by atoms with van der Waals surface area (Å²) in [4.78, 5) is 23.7. The Morgan fingerprint density at radius 2 is 2.03 bits per heavy atom. The molecule has 7 nitrogen and oxygen atoms in total. The van der Waals surface area contributed by atoms with Crippen molar-refractivity contribution in [2.45, 2.75) is 19.4 Å². The van der Waals surface area contributed by atoms with Crippen LogP contribution in [0, 0.1) is 0 Å². The van der Waals surface area contributed by atoms with Crippen molar-refractivity contribution in [1.82, 2.24) is 15.1 Å². The first-order valence-electron chi connectivity index (χ1n) is 9.57. The Balaban J connectivity index is 1.24. The average molecular weight is 390 g/mol. The Morgan fingerprint density at radius 3 is 2.90 bits per heavy atom. The van der Waals surface area contributed by atoms with Crippen molar-refractivity contribution in [2.24, 2.45) is 0 Å². The number of aryl methyl sites for hydroxylation is 1. The van der Waals surface area contributed by atoms with Gasteiger partial charge in [-0.05, 0) is 35.7 Å². The van der Waals surface area contributed by atoms with Gasteiger partial charge in [-0.1, -0.05) is 30.3 Å². The van der Waals surface area contributed by atoms with Gasteiger partial charge in [-0.15, -0.1) is 0 Å². The Hall–Kier alpha value is -3.61. The first kappa shape index (κ1) is 18.7. The summed E-state index contributed by atoms with van der Waals surface area (Å²) in [7, 11) is 0. The molecule has 0 fully saturated rings. The largest absolute Gasteiger partial charge is 0.492 e. The molecule has 2 heterocycles. The summed E-state index contributed by atoms with van der Waals surface area (Å²) >= 11 is 0. The number of benzene rings is 2. The third kappa shape index (κ3) is 4.82. The number of ether oxygens (including phenoxy) is 1. The molecule has 1 aliphatic rings. The second-order valence-electron chi connectivity index (χ2n) is 6.88. The number of nitrogens with one attached hydrogen (secondary N) is 2. The number of hydrogen-bond donors (Lipinski definition) is 2. The van der Waals surface area contributed by atoms with Crippen molar-refractivity contribution in [1.29, 1.82) is 0 Å². The van der Waals surface area contributed by atoms with Gasteiger partial charge < -0.3 is 15.4 Å². The fourth-order valence-corrected chi connectivity index (χ4v) is 3.22. The van der Waals surface area contributed by atoms with Gasteiger partial charge in [0, 0.05) is 18.3 Å². The smallest absolute Gasteiger partial charge is 0.254 e. The molecule has 2 N–H and O–H groups in total. The number of amides is 2. The molecule has 0 atom stereocenters. The third-order valence-corrected chi connectivity index (χ3v) is 4.71. The number of carbonyl (C=O) groups is 2. The molecular weight excluding hydrogens is 368 g/mol. The lowest BCUT2D eigenvalue weighted by Gasteiger charge is -2.17. The summed E-state index contributed by atoms with van der Waals surface area (Å²) in [6.45, 7) is 1.36. The number of fused-ring (bicyclic) bond motifs is 1. The minimum absolute atomic E-state index is 0.0426. The van der Waals surface area contributed by atoms with Crippen LogP contribution < -0.4 is 15.4 Å². The molecule has 1 aliphatic heterocycles. The standard InChI is InChI=1S/C22H22N4O3/c27-21-9-6-17-12-19(7-8-20(17)25-21)29-11-10-23-22(28)18-13-24-26(15-18)14-16-4-2-1-3-5-16/h1-5,7-8,12-13,15H,6,9-11,14H2,(H,23,28)(H,25,27). The molecule has 0 spiro atoms. The molecule has 7 heteroatoms. The number of anilines is 1. The van der Waals surface area contributed by atoms with E-state index in [1.807, 2.05) is 48.5 Å². The van der Waals surface area contributed by atoms with Gasteiger partial charge in [0.1, 0.15) is 12.4 Å². The number of nitrogens with zero attached hydrogens (tertiary/aromatic N) is 2. The van der Waals surface area contributed by atoms with Crippen LogP contribution in [0.3, 0.4) is 0 Å². The summed E-state index contributed by atoms with van der Waals surface area (Å²) < 4.78 is 7.46. The van der Waals surface area contributed by atoms with E-state index in [1.54, 1.807) is 17.1 Å². The van der Waals surface area contributed by atoms with Gasteiger partial charge in [0.25, 0.3) is 5.91 Å². The highest BCUT2D eigenvalue weighted by Crippen LogP contribution is 2.26. The van der Waals surface area contributed by atoms with Crippen molar-refractivity contribution in [3.63, 3.8) is 0 Å². The summed E-state index contributed by atoms with van der Waals surface area (Å²) in [5, 5.41) is 9.93. The van der Waals surface area contributed by atoms with E-state index in [0.29, 0.717) is 38.1 Å². The Labute approximate surface area is 168 Å². The third-order valence-electron chi connectivity index (χ3n) is 4.71. The number of carbonyl (C=O) groups excluding carboxylic acids is 2. The number of aromatic nitrogens is 2. The second kappa shape index (κ2) is 8.60. The minimum Gasteiger partial charge on any atom is -0.492 e.